The highest BCUT2D eigenvalue weighted by atomic mass is 35.5. The molecule has 1 aliphatic rings. The van der Waals surface area contributed by atoms with Crippen molar-refractivity contribution in [3.05, 3.63) is 29.3 Å². The van der Waals surface area contributed by atoms with E-state index in [2.05, 4.69) is 24.5 Å². The lowest BCUT2D eigenvalue weighted by molar-refractivity contribution is 0.201. The average molecular weight is 281 g/mol. The Morgan fingerprint density at radius 3 is 2.74 bits per heavy atom. The van der Waals surface area contributed by atoms with Gasteiger partial charge in [-0.3, -0.25) is 0 Å². The number of benzene rings is 1. The zero-order valence-corrected chi connectivity index (χ0v) is 12.2. The lowest BCUT2D eigenvalue weighted by Gasteiger charge is -2.34. The normalized spacial score (nSPS) is 26.8. The molecule has 0 aromatic heterocycles. The lowest BCUT2D eigenvalue weighted by atomic mass is 9.78. The minimum atomic E-state index is -0.168. The van der Waals surface area contributed by atoms with E-state index in [0.29, 0.717) is 22.5 Å². The molecular weight excluding hydrogens is 260 g/mol. The summed E-state index contributed by atoms with van der Waals surface area (Å²) in [5.74, 6) is 1.19. The summed E-state index contributed by atoms with van der Waals surface area (Å²) in [6.45, 7) is 4.47. The molecule has 0 radical (unpaired) electrons. The van der Waals surface area contributed by atoms with Crippen LogP contribution in [0.1, 0.15) is 33.1 Å². The first kappa shape index (κ1) is 14.2. The van der Waals surface area contributed by atoms with E-state index >= 15 is 0 Å². The van der Waals surface area contributed by atoms with E-state index in [1.165, 1.54) is 12.8 Å². The molecule has 1 fully saturated rings. The van der Waals surface area contributed by atoms with Crippen LogP contribution in [0, 0.1) is 11.8 Å². The Bertz CT molecular complexity index is 450. The van der Waals surface area contributed by atoms with Gasteiger partial charge in [-0.2, -0.15) is 0 Å². The smallest absolute Gasteiger partial charge is 0.319 e. The van der Waals surface area contributed by atoms with Crippen molar-refractivity contribution in [1.29, 1.82) is 0 Å². The van der Waals surface area contributed by atoms with Crippen molar-refractivity contribution in [3.63, 3.8) is 0 Å². The molecule has 1 aliphatic carbocycles. The third-order valence-corrected chi connectivity index (χ3v) is 4.47. The Hall–Kier alpha value is -1.22. The topological polar surface area (TPSA) is 41.1 Å². The molecule has 0 saturated heterocycles. The van der Waals surface area contributed by atoms with Gasteiger partial charge in [-0.25, -0.2) is 4.79 Å². The number of hydrogen-bond acceptors (Lipinski definition) is 1. The third kappa shape index (κ3) is 3.63. The second kappa shape index (κ2) is 6.29. The van der Waals surface area contributed by atoms with Crippen LogP contribution in [-0.2, 0) is 0 Å². The number of carbonyl (C=O) groups is 1. The zero-order valence-electron chi connectivity index (χ0n) is 11.4. The third-order valence-electron chi connectivity index (χ3n) is 4.15. The highest BCUT2D eigenvalue weighted by molar-refractivity contribution is 6.33. The molecular formula is C15H21ClN2O. The van der Waals surface area contributed by atoms with Crippen LogP contribution in [0.4, 0.5) is 10.5 Å². The monoisotopic (exact) mass is 280 g/mol. The number of rotatable bonds is 2. The van der Waals surface area contributed by atoms with Crippen LogP contribution in [0.25, 0.3) is 0 Å². The maximum Gasteiger partial charge on any atom is 0.319 e. The van der Waals surface area contributed by atoms with Gasteiger partial charge in [0.1, 0.15) is 0 Å². The van der Waals surface area contributed by atoms with E-state index in [9.17, 15) is 4.79 Å². The molecule has 0 bridgehead atoms. The van der Waals surface area contributed by atoms with Gasteiger partial charge in [-0.1, -0.05) is 50.4 Å². The van der Waals surface area contributed by atoms with Gasteiger partial charge in [0.15, 0.2) is 0 Å². The summed E-state index contributed by atoms with van der Waals surface area (Å²) >= 11 is 6.02. The van der Waals surface area contributed by atoms with E-state index in [-0.39, 0.29) is 12.1 Å². The number of para-hydroxylation sites is 1. The predicted molar refractivity (Wildman–Crippen MR) is 79.6 cm³/mol. The van der Waals surface area contributed by atoms with Crippen LogP contribution >= 0.6 is 11.6 Å². The van der Waals surface area contributed by atoms with Crippen LogP contribution in [-0.4, -0.2) is 12.1 Å². The highest BCUT2D eigenvalue weighted by Crippen LogP contribution is 2.29. The summed E-state index contributed by atoms with van der Waals surface area (Å²) in [6, 6.07) is 7.35. The van der Waals surface area contributed by atoms with Crippen molar-refractivity contribution >= 4 is 23.3 Å². The molecule has 0 aliphatic heterocycles. The van der Waals surface area contributed by atoms with Gasteiger partial charge in [0.05, 0.1) is 10.7 Å². The van der Waals surface area contributed by atoms with E-state index in [4.69, 9.17) is 11.6 Å². The maximum absolute atomic E-state index is 12.0. The van der Waals surface area contributed by atoms with Gasteiger partial charge in [0.2, 0.25) is 0 Å². The first-order chi connectivity index (χ1) is 9.08. The summed E-state index contributed by atoms with van der Waals surface area (Å²) in [4.78, 5) is 12.0. The van der Waals surface area contributed by atoms with Gasteiger partial charge in [-0.05, 0) is 30.4 Å². The molecule has 0 spiro atoms. The van der Waals surface area contributed by atoms with Crippen molar-refractivity contribution in [1.82, 2.24) is 5.32 Å². The molecule has 1 aromatic rings. The first-order valence-electron chi connectivity index (χ1n) is 6.90. The summed E-state index contributed by atoms with van der Waals surface area (Å²) in [7, 11) is 0. The van der Waals surface area contributed by atoms with Crippen molar-refractivity contribution < 1.29 is 4.79 Å². The van der Waals surface area contributed by atoms with Gasteiger partial charge >= 0.3 is 6.03 Å². The lowest BCUT2D eigenvalue weighted by Crippen LogP contribution is -2.45. The first-order valence-corrected chi connectivity index (χ1v) is 7.27. The molecule has 4 heteroatoms. The molecule has 3 unspecified atom stereocenters. The largest absolute Gasteiger partial charge is 0.335 e. The van der Waals surface area contributed by atoms with Crippen LogP contribution in [0.5, 0.6) is 0 Å². The zero-order chi connectivity index (χ0) is 13.8. The standard InChI is InChI=1S/C15H21ClN2O/c1-10-6-5-9-13(11(10)2)17-15(19)18-14-8-4-3-7-12(14)16/h3-4,7-8,10-11,13H,5-6,9H2,1-2H3,(H2,17,18,19). The minimum Gasteiger partial charge on any atom is -0.335 e. The number of urea groups is 1. The molecule has 19 heavy (non-hydrogen) atoms. The second-order valence-electron chi connectivity index (χ2n) is 5.45. The highest BCUT2D eigenvalue weighted by Gasteiger charge is 2.28. The van der Waals surface area contributed by atoms with Crippen molar-refractivity contribution in [2.75, 3.05) is 5.32 Å². The van der Waals surface area contributed by atoms with Gasteiger partial charge in [-0.15, -0.1) is 0 Å². The van der Waals surface area contributed by atoms with Gasteiger partial charge in [0.25, 0.3) is 0 Å². The van der Waals surface area contributed by atoms with Crippen molar-refractivity contribution in [3.8, 4) is 0 Å². The van der Waals surface area contributed by atoms with Crippen molar-refractivity contribution in [2.24, 2.45) is 11.8 Å². The molecule has 0 heterocycles. The number of nitrogens with one attached hydrogen (secondary N) is 2. The predicted octanol–water partition coefficient (Wildman–Crippen LogP) is 4.29. The molecule has 2 amide bonds. The summed E-state index contributed by atoms with van der Waals surface area (Å²) < 4.78 is 0. The molecule has 3 nitrogen and oxygen atoms in total. The van der Waals surface area contributed by atoms with Crippen LogP contribution in [0.15, 0.2) is 24.3 Å². The number of halogens is 1. The molecule has 104 valence electrons. The van der Waals surface area contributed by atoms with Gasteiger partial charge in [0, 0.05) is 6.04 Å². The fraction of sp³-hybridized carbons (Fsp3) is 0.533. The molecule has 1 saturated carbocycles. The van der Waals surface area contributed by atoms with Crippen LogP contribution < -0.4 is 10.6 Å². The Kier molecular flexibility index (Phi) is 4.70. The Labute approximate surface area is 119 Å². The van der Waals surface area contributed by atoms with Crippen LogP contribution in [0.2, 0.25) is 5.02 Å². The fourth-order valence-corrected chi connectivity index (χ4v) is 2.86. The summed E-state index contributed by atoms with van der Waals surface area (Å²) in [5, 5.41) is 6.44. The Balaban J connectivity index is 1.93. The maximum atomic E-state index is 12.0. The number of hydrogen-bond donors (Lipinski definition) is 2. The molecule has 2 N–H and O–H groups in total. The SMILES string of the molecule is CC1CCCC(NC(=O)Nc2ccccc2Cl)C1C. The Morgan fingerprint density at radius 2 is 2.00 bits per heavy atom. The number of amides is 2. The van der Waals surface area contributed by atoms with E-state index in [1.54, 1.807) is 12.1 Å². The summed E-state index contributed by atoms with van der Waals surface area (Å²) in [5.41, 5.74) is 0.651. The van der Waals surface area contributed by atoms with Crippen molar-refractivity contribution in [2.45, 2.75) is 39.2 Å². The minimum absolute atomic E-state index is 0.168. The van der Waals surface area contributed by atoms with Crippen LogP contribution in [0.3, 0.4) is 0 Å². The molecule has 3 atom stereocenters. The van der Waals surface area contributed by atoms with E-state index in [1.807, 2.05) is 12.1 Å². The number of carbonyl (C=O) groups excluding carboxylic acids is 1. The van der Waals surface area contributed by atoms with E-state index in [0.717, 1.165) is 6.42 Å². The second-order valence-corrected chi connectivity index (χ2v) is 5.86. The summed E-state index contributed by atoms with van der Waals surface area (Å²) in [6.07, 6.45) is 3.50. The van der Waals surface area contributed by atoms with E-state index < -0.39 is 0 Å². The number of anilines is 1. The molecule has 2 rings (SSSR count). The fourth-order valence-electron chi connectivity index (χ4n) is 2.68. The Morgan fingerprint density at radius 1 is 1.26 bits per heavy atom. The molecule has 1 aromatic carbocycles. The van der Waals surface area contributed by atoms with Gasteiger partial charge < -0.3 is 10.6 Å². The average Bonchev–Trinajstić information content (AvgIpc) is 2.38. The quantitative estimate of drug-likeness (QED) is 0.834.